The zero-order chi connectivity index (χ0) is 15.6. The van der Waals surface area contributed by atoms with Crippen LogP contribution in [0.2, 0.25) is 0 Å². The van der Waals surface area contributed by atoms with E-state index < -0.39 is 15.9 Å². The second-order valence-electron chi connectivity index (χ2n) is 4.45. The Kier molecular flexibility index (Phi) is 4.46. The van der Waals surface area contributed by atoms with Crippen LogP contribution in [0.25, 0.3) is 0 Å². The van der Waals surface area contributed by atoms with E-state index in [9.17, 15) is 13.2 Å². The third kappa shape index (κ3) is 3.69. The normalized spacial score (nSPS) is 11.2. The van der Waals surface area contributed by atoms with Gasteiger partial charge in [0, 0.05) is 10.0 Å². The van der Waals surface area contributed by atoms with Crippen LogP contribution in [-0.4, -0.2) is 14.3 Å². The zero-order valence-corrected chi connectivity index (χ0v) is 13.5. The van der Waals surface area contributed by atoms with Crippen LogP contribution in [0.1, 0.15) is 15.9 Å². The van der Waals surface area contributed by atoms with E-state index in [0.717, 1.165) is 10.0 Å². The van der Waals surface area contributed by atoms with Crippen LogP contribution in [0.5, 0.6) is 0 Å². The Balaban J connectivity index is 2.39. The van der Waals surface area contributed by atoms with Gasteiger partial charge >= 0.3 is 0 Å². The van der Waals surface area contributed by atoms with Crippen LogP contribution in [0.15, 0.2) is 51.8 Å². The maximum atomic E-state index is 12.3. The third-order valence-corrected chi connectivity index (χ3v) is 4.35. The van der Waals surface area contributed by atoms with Crippen molar-refractivity contribution in [1.29, 1.82) is 0 Å². The summed E-state index contributed by atoms with van der Waals surface area (Å²) in [7, 11) is -3.90. The summed E-state index contributed by atoms with van der Waals surface area (Å²) in [6.07, 6.45) is 0. The Morgan fingerprint density at radius 3 is 2.52 bits per heavy atom. The molecule has 0 radical (unpaired) electrons. The Labute approximate surface area is 131 Å². The van der Waals surface area contributed by atoms with Gasteiger partial charge in [0.05, 0.1) is 5.69 Å². The molecule has 0 bridgehead atoms. The zero-order valence-electron chi connectivity index (χ0n) is 11.1. The summed E-state index contributed by atoms with van der Waals surface area (Å²) in [5.74, 6) is -0.398. The first-order valence-corrected chi connectivity index (χ1v) is 8.32. The molecule has 110 valence electrons. The van der Waals surface area contributed by atoms with E-state index in [-0.39, 0.29) is 10.6 Å². The van der Waals surface area contributed by atoms with E-state index in [0.29, 0.717) is 5.56 Å². The van der Waals surface area contributed by atoms with E-state index in [2.05, 4.69) is 21.2 Å². The number of benzene rings is 2. The largest absolute Gasteiger partial charge is 0.321 e. The summed E-state index contributed by atoms with van der Waals surface area (Å²) in [6, 6.07) is 11.3. The minimum atomic E-state index is -3.90. The topological polar surface area (TPSA) is 89.3 Å². The average molecular weight is 369 g/mol. The molecule has 2 aromatic rings. The van der Waals surface area contributed by atoms with Crippen LogP contribution >= 0.6 is 15.9 Å². The summed E-state index contributed by atoms with van der Waals surface area (Å²) in [4.78, 5) is 12.2. The van der Waals surface area contributed by atoms with Gasteiger partial charge in [-0.3, -0.25) is 4.79 Å². The lowest BCUT2D eigenvalue weighted by Gasteiger charge is -2.11. The summed E-state index contributed by atoms with van der Waals surface area (Å²) < 4.78 is 23.8. The number of nitrogens with one attached hydrogen (secondary N) is 1. The number of carbonyl (C=O) groups is 1. The van der Waals surface area contributed by atoms with E-state index in [1.54, 1.807) is 31.2 Å². The second kappa shape index (κ2) is 5.97. The van der Waals surface area contributed by atoms with Gasteiger partial charge in [-0.1, -0.05) is 34.1 Å². The molecule has 0 aliphatic heterocycles. The van der Waals surface area contributed by atoms with Crippen molar-refractivity contribution in [2.24, 2.45) is 5.14 Å². The highest BCUT2D eigenvalue weighted by Crippen LogP contribution is 2.22. The summed E-state index contributed by atoms with van der Waals surface area (Å²) in [5, 5.41) is 7.72. The van der Waals surface area contributed by atoms with Crippen molar-refractivity contribution in [1.82, 2.24) is 0 Å². The Hall–Kier alpha value is -1.70. The highest BCUT2D eigenvalue weighted by atomic mass is 79.9. The van der Waals surface area contributed by atoms with Crippen molar-refractivity contribution in [2.75, 3.05) is 5.32 Å². The first-order chi connectivity index (χ1) is 9.79. The van der Waals surface area contributed by atoms with Crippen molar-refractivity contribution < 1.29 is 13.2 Å². The molecule has 21 heavy (non-hydrogen) atoms. The van der Waals surface area contributed by atoms with Crippen LogP contribution < -0.4 is 10.5 Å². The minimum absolute atomic E-state index is 0.119. The molecule has 0 atom stereocenters. The quantitative estimate of drug-likeness (QED) is 0.872. The first-order valence-electron chi connectivity index (χ1n) is 5.98. The number of aryl methyl sites for hydroxylation is 1. The lowest BCUT2D eigenvalue weighted by molar-refractivity contribution is 0.102. The number of para-hydroxylation sites is 1. The van der Waals surface area contributed by atoms with Crippen molar-refractivity contribution in [3.8, 4) is 0 Å². The van der Waals surface area contributed by atoms with Crippen molar-refractivity contribution in [3.63, 3.8) is 0 Å². The summed E-state index contributed by atoms with van der Waals surface area (Å²) >= 11 is 3.30. The third-order valence-electron chi connectivity index (χ3n) is 2.89. The van der Waals surface area contributed by atoms with E-state index in [1.807, 2.05) is 6.07 Å². The Bertz CT molecular complexity index is 804. The number of rotatable bonds is 3. The van der Waals surface area contributed by atoms with Crippen LogP contribution in [0.3, 0.4) is 0 Å². The smallest absolute Gasteiger partial charge is 0.256 e. The molecule has 0 aliphatic carbocycles. The summed E-state index contributed by atoms with van der Waals surface area (Å²) in [6.45, 7) is 1.80. The van der Waals surface area contributed by atoms with Gasteiger partial charge in [0.2, 0.25) is 10.0 Å². The molecule has 0 aromatic heterocycles. The standard InChI is InChI=1S/C14H13BrN2O3S/c1-9-6-7-10(15)8-11(9)14(18)17-12-4-2-3-5-13(12)21(16,19)20/h2-8H,1H3,(H,17,18)(H2,16,19,20). The van der Waals surface area contributed by atoms with Crippen LogP contribution in [0, 0.1) is 6.92 Å². The van der Waals surface area contributed by atoms with Gasteiger partial charge in [0.25, 0.3) is 5.91 Å². The molecule has 0 aliphatic rings. The minimum Gasteiger partial charge on any atom is -0.321 e. The fraction of sp³-hybridized carbons (Fsp3) is 0.0714. The van der Waals surface area contributed by atoms with E-state index >= 15 is 0 Å². The molecule has 1 amide bonds. The number of carbonyl (C=O) groups excluding carboxylic acids is 1. The number of anilines is 1. The molecular weight excluding hydrogens is 356 g/mol. The average Bonchev–Trinajstić information content (AvgIpc) is 2.41. The van der Waals surface area contributed by atoms with Crippen LogP contribution in [-0.2, 0) is 10.0 Å². The fourth-order valence-electron chi connectivity index (χ4n) is 1.85. The van der Waals surface area contributed by atoms with Gasteiger partial charge in [-0.2, -0.15) is 0 Å². The number of halogens is 1. The maximum Gasteiger partial charge on any atom is 0.256 e. The molecule has 2 aromatic carbocycles. The Morgan fingerprint density at radius 2 is 1.86 bits per heavy atom. The predicted octanol–water partition coefficient (Wildman–Crippen LogP) is 2.66. The molecule has 7 heteroatoms. The molecule has 0 heterocycles. The molecule has 0 saturated heterocycles. The molecule has 2 rings (SSSR count). The maximum absolute atomic E-state index is 12.3. The van der Waals surface area contributed by atoms with E-state index in [4.69, 9.17) is 5.14 Å². The van der Waals surface area contributed by atoms with Crippen molar-refractivity contribution >= 4 is 37.5 Å². The van der Waals surface area contributed by atoms with Gasteiger partial charge < -0.3 is 5.32 Å². The van der Waals surface area contributed by atoms with Crippen molar-refractivity contribution in [3.05, 3.63) is 58.1 Å². The molecule has 5 nitrogen and oxygen atoms in total. The molecular formula is C14H13BrN2O3S. The highest BCUT2D eigenvalue weighted by Gasteiger charge is 2.16. The summed E-state index contributed by atoms with van der Waals surface area (Å²) in [5.41, 5.74) is 1.39. The van der Waals surface area contributed by atoms with Gasteiger partial charge in [0.15, 0.2) is 0 Å². The number of primary sulfonamides is 1. The van der Waals surface area contributed by atoms with Gasteiger partial charge in [-0.05, 0) is 36.8 Å². The fourth-order valence-corrected chi connectivity index (χ4v) is 2.90. The van der Waals surface area contributed by atoms with Gasteiger partial charge in [-0.25, -0.2) is 13.6 Å². The van der Waals surface area contributed by atoms with Gasteiger partial charge in [0.1, 0.15) is 4.90 Å². The molecule has 0 fully saturated rings. The number of nitrogens with two attached hydrogens (primary N) is 1. The lowest BCUT2D eigenvalue weighted by Crippen LogP contribution is -2.19. The molecule has 3 N–H and O–H groups in total. The predicted molar refractivity (Wildman–Crippen MR) is 84.6 cm³/mol. The molecule has 0 unspecified atom stereocenters. The SMILES string of the molecule is Cc1ccc(Br)cc1C(=O)Nc1ccccc1S(N)(=O)=O. The first kappa shape index (κ1) is 15.7. The lowest BCUT2D eigenvalue weighted by atomic mass is 10.1. The Morgan fingerprint density at radius 1 is 1.19 bits per heavy atom. The number of hydrogen-bond donors (Lipinski definition) is 2. The monoisotopic (exact) mass is 368 g/mol. The van der Waals surface area contributed by atoms with Gasteiger partial charge in [-0.15, -0.1) is 0 Å². The number of amides is 1. The number of sulfonamides is 1. The molecule has 0 spiro atoms. The number of hydrogen-bond acceptors (Lipinski definition) is 3. The van der Waals surface area contributed by atoms with Crippen LogP contribution in [0.4, 0.5) is 5.69 Å². The molecule has 0 saturated carbocycles. The highest BCUT2D eigenvalue weighted by molar-refractivity contribution is 9.10. The van der Waals surface area contributed by atoms with Crippen molar-refractivity contribution in [2.45, 2.75) is 11.8 Å². The van der Waals surface area contributed by atoms with E-state index in [1.165, 1.54) is 12.1 Å². The second-order valence-corrected chi connectivity index (χ2v) is 6.90.